The molecule has 0 radical (unpaired) electrons. The molecule has 3 N–H and O–H groups in total. The number of hydrazine groups is 1. The molecule has 0 spiro atoms. The van der Waals surface area contributed by atoms with Gasteiger partial charge in [0, 0.05) is 6.04 Å². The molecule has 0 aliphatic carbocycles. The van der Waals surface area contributed by atoms with Gasteiger partial charge in [-0.15, -0.1) is 0 Å². The number of halogens is 3. The second-order valence-electron chi connectivity index (χ2n) is 5.16. The molecule has 0 bridgehead atoms. The Bertz CT molecular complexity index is 371. The number of alkyl halides is 3. The molecule has 108 valence electrons. The van der Waals surface area contributed by atoms with Crippen molar-refractivity contribution < 1.29 is 13.2 Å². The molecular formula is C14H21F3N2. The van der Waals surface area contributed by atoms with E-state index in [-0.39, 0.29) is 6.04 Å². The average molecular weight is 274 g/mol. The van der Waals surface area contributed by atoms with E-state index in [1.165, 1.54) is 12.1 Å². The fourth-order valence-corrected chi connectivity index (χ4v) is 1.98. The van der Waals surface area contributed by atoms with E-state index >= 15 is 0 Å². The van der Waals surface area contributed by atoms with Crippen LogP contribution in [0.1, 0.15) is 50.3 Å². The zero-order chi connectivity index (χ0) is 14.5. The molecule has 1 unspecified atom stereocenters. The molecule has 0 aliphatic rings. The topological polar surface area (TPSA) is 38.0 Å². The Morgan fingerprint density at radius 2 is 1.68 bits per heavy atom. The van der Waals surface area contributed by atoms with Gasteiger partial charge in [-0.25, -0.2) is 0 Å². The number of nitrogens with one attached hydrogen (secondary N) is 1. The van der Waals surface area contributed by atoms with Gasteiger partial charge in [0.1, 0.15) is 0 Å². The van der Waals surface area contributed by atoms with Gasteiger partial charge in [-0.2, -0.15) is 13.2 Å². The lowest BCUT2D eigenvalue weighted by molar-refractivity contribution is -0.137. The summed E-state index contributed by atoms with van der Waals surface area (Å²) in [5, 5.41) is 0. The maximum absolute atomic E-state index is 12.5. The lowest BCUT2D eigenvalue weighted by Gasteiger charge is -2.17. The Labute approximate surface area is 112 Å². The minimum absolute atomic E-state index is 0.0963. The fraction of sp³-hybridized carbons (Fsp3) is 0.571. The van der Waals surface area contributed by atoms with E-state index in [4.69, 9.17) is 5.84 Å². The minimum atomic E-state index is -4.29. The van der Waals surface area contributed by atoms with Crippen molar-refractivity contribution in [1.29, 1.82) is 0 Å². The van der Waals surface area contributed by atoms with Crippen LogP contribution in [0.3, 0.4) is 0 Å². The molecule has 0 aliphatic heterocycles. The summed E-state index contributed by atoms with van der Waals surface area (Å²) in [6, 6.07) is 5.08. The van der Waals surface area contributed by atoms with E-state index in [9.17, 15) is 13.2 Å². The van der Waals surface area contributed by atoms with Crippen LogP contribution in [0.5, 0.6) is 0 Å². The maximum atomic E-state index is 12.5. The fourth-order valence-electron chi connectivity index (χ4n) is 1.98. The van der Waals surface area contributed by atoms with Crippen LogP contribution in [0.15, 0.2) is 24.3 Å². The van der Waals surface area contributed by atoms with Gasteiger partial charge in [-0.3, -0.25) is 11.3 Å². The van der Waals surface area contributed by atoms with Crippen molar-refractivity contribution in [2.75, 3.05) is 0 Å². The highest BCUT2D eigenvalue weighted by atomic mass is 19.4. The van der Waals surface area contributed by atoms with Crippen LogP contribution in [-0.4, -0.2) is 0 Å². The standard InChI is InChI=1S/C14H21F3N2/c1-10(2)4-3-5-13(19-18)11-6-8-12(9-7-11)14(15,16)17/h6-10,13,19H,3-5,18H2,1-2H3. The van der Waals surface area contributed by atoms with Crippen molar-refractivity contribution in [1.82, 2.24) is 5.43 Å². The molecule has 2 nitrogen and oxygen atoms in total. The van der Waals surface area contributed by atoms with Crippen molar-refractivity contribution in [3.63, 3.8) is 0 Å². The third-order valence-electron chi connectivity index (χ3n) is 3.12. The molecule has 1 atom stereocenters. The lowest BCUT2D eigenvalue weighted by Crippen LogP contribution is -2.28. The van der Waals surface area contributed by atoms with Crippen LogP contribution in [0.25, 0.3) is 0 Å². The monoisotopic (exact) mass is 274 g/mol. The van der Waals surface area contributed by atoms with Gasteiger partial charge in [0.15, 0.2) is 0 Å². The molecule has 0 saturated heterocycles. The summed E-state index contributed by atoms with van der Waals surface area (Å²) in [4.78, 5) is 0. The predicted octanol–water partition coefficient (Wildman–Crippen LogP) is 4.04. The lowest BCUT2D eigenvalue weighted by atomic mass is 9.97. The van der Waals surface area contributed by atoms with Crippen LogP contribution in [-0.2, 0) is 6.18 Å². The van der Waals surface area contributed by atoms with E-state index in [0.29, 0.717) is 5.92 Å². The maximum Gasteiger partial charge on any atom is 0.416 e. The van der Waals surface area contributed by atoms with Crippen LogP contribution in [0.4, 0.5) is 13.2 Å². The van der Waals surface area contributed by atoms with Gasteiger partial charge in [0.05, 0.1) is 5.56 Å². The molecule has 19 heavy (non-hydrogen) atoms. The largest absolute Gasteiger partial charge is 0.416 e. The first-order valence-electron chi connectivity index (χ1n) is 6.48. The Morgan fingerprint density at radius 1 is 1.11 bits per heavy atom. The summed E-state index contributed by atoms with van der Waals surface area (Å²) < 4.78 is 37.4. The number of hydrogen-bond acceptors (Lipinski definition) is 2. The van der Waals surface area contributed by atoms with Gasteiger partial charge in [0.2, 0.25) is 0 Å². The highest BCUT2D eigenvalue weighted by molar-refractivity contribution is 5.26. The number of hydrogen-bond donors (Lipinski definition) is 2. The van der Waals surface area contributed by atoms with Gasteiger partial charge >= 0.3 is 6.18 Å². The zero-order valence-corrected chi connectivity index (χ0v) is 11.3. The third kappa shape index (κ3) is 5.20. The first kappa shape index (κ1) is 16.0. The normalized spacial score (nSPS) is 13.8. The van der Waals surface area contributed by atoms with Crippen molar-refractivity contribution in [2.24, 2.45) is 11.8 Å². The van der Waals surface area contributed by atoms with Crippen LogP contribution in [0.2, 0.25) is 0 Å². The highest BCUT2D eigenvalue weighted by Gasteiger charge is 2.30. The second kappa shape index (κ2) is 6.91. The van der Waals surface area contributed by atoms with Crippen molar-refractivity contribution >= 4 is 0 Å². The Morgan fingerprint density at radius 3 is 2.11 bits per heavy atom. The number of nitrogens with two attached hydrogens (primary N) is 1. The van der Waals surface area contributed by atoms with Crippen LogP contribution in [0, 0.1) is 5.92 Å². The number of rotatable bonds is 6. The Hall–Kier alpha value is -1.07. The number of benzene rings is 1. The molecular weight excluding hydrogens is 253 g/mol. The van der Waals surface area contributed by atoms with Gasteiger partial charge < -0.3 is 0 Å². The molecule has 0 aromatic heterocycles. The second-order valence-corrected chi connectivity index (χ2v) is 5.16. The van der Waals surface area contributed by atoms with E-state index in [1.807, 2.05) is 0 Å². The van der Waals surface area contributed by atoms with Gasteiger partial charge in [-0.05, 0) is 30.0 Å². The molecule has 1 rings (SSSR count). The molecule has 5 heteroatoms. The van der Waals surface area contributed by atoms with E-state index in [1.54, 1.807) is 0 Å². The van der Waals surface area contributed by atoms with Crippen molar-refractivity contribution in [3.8, 4) is 0 Å². The van der Waals surface area contributed by atoms with E-state index in [0.717, 1.165) is 37.0 Å². The SMILES string of the molecule is CC(C)CCCC(NN)c1ccc(C(F)(F)F)cc1. The van der Waals surface area contributed by atoms with Gasteiger partial charge in [-0.1, -0.05) is 38.8 Å². The van der Waals surface area contributed by atoms with E-state index in [2.05, 4.69) is 19.3 Å². The average Bonchev–Trinajstić information content (AvgIpc) is 2.33. The third-order valence-corrected chi connectivity index (χ3v) is 3.12. The summed E-state index contributed by atoms with van der Waals surface area (Å²) in [5.74, 6) is 6.09. The smallest absolute Gasteiger partial charge is 0.271 e. The summed E-state index contributed by atoms with van der Waals surface area (Å²) in [6.45, 7) is 4.28. The Balaban J connectivity index is 2.66. The summed E-state index contributed by atoms with van der Waals surface area (Å²) in [5.41, 5.74) is 2.83. The minimum Gasteiger partial charge on any atom is -0.271 e. The molecule has 1 aromatic carbocycles. The summed E-state index contributed by atoms with van der Waals surface area (Å²) in [7, 11) is 0. The van der Waals surface area contributed by atoms with Crippen molar-refractivity contribution in [3.05, 3.63) is 35.4 Å². The molecule has 0 heterocycles. The molecule has 0 fully saturated rings. The summed E-state index contributed by atoms with van der Waals surface area (Å²) in [6.07, 6.45) is -1.39. The highest BCUT2D eigenvalue weighted by Crippen LogP contribution is 2.30. The quantitative estimate of drug-likeness (QED) is 0.607. The van der Waals surface area contributed by atoms with E-state index < -0.39 is 11.7 Å². The van der Waals surface area contributed by atoms with Crippen LogP contribution < -0.4 is 11.3 Å². The molecule has 1 aromatic rings. The first-order valence-corrected chi connectivity index (χ1v) is 6.48. The molecule has 0 amide bonds. The zero-order valence-electron chi connectivity index (χ0n) is 11.3. The van der Waals surface area contributed by atoms with Crippen molar-refractivity contribution in [2.45, 2.75) is 45.3 Å². The van der Waals surface area contributed by atoms with Gasteiger partial charge in [0.25, 0.3) is 0 Å². The Kier molecular flexibility index (Phi) is 5.82. The first-order chi connectivity index (χ1) is 8.84. The summed E-state index contributed by atoms with van der Waals surface area (Å²) >= 11 is 0. The molecule has 0 saturated carbocycles. The predicted molar refractivity (Wildman–Crippen MR) is 70.2 cm³/mol. The van der Waals surface area contributed by atoms with Crippen LogP contribution >= 0.6 is 0 Å².